The molecular weight excluding hydrogens is 453 g/mol. The van der Waals surface area contributed by atoms with Crippen LogP contribution in [0.25, 0.3) is 0 Å². The molecule has 0 fully saturated rings. The monoisotopic (exact) mass is 479 g/mol. The fourth-order valence-electron chi connectivity index (χ4n) is 2.02. The quantitative estimate of drug-likeness (QED) is 0.273. The normalized spacial score (nSPS) is 11.5. The Bertz CT molecular complexity index is 636. The topological polar surface area (TPSA) is 62.2 Å². The van der Waals surface area contributed by atoms with E-state index in [-0.39, 0.29) is 24.0 Å². The van der Waals surface area contributed by atoms with Gasteiger partial charge in [0.2, 0.25) is 0 Å². The predicted octanol–water partition coefficient (Wildman–Crippen LogP) is 3.95. The van der Waals surface area contributed by atoms with Gasteiger partial charge in [0.15, 0.2) is 5.96 Å². The fraction of sp³-hybridized carbons (Fsp3) is 0.562. The maximum atomic E-state index is 4.62. The van der Waals surface area contributed by atoms with Crippen molar-refractivity contribution in [3.05, 3.63) is 32.2 Å². The number of hydrogen-bond donors (Lipinski definition) is 2. The number of aliphatic imine (C=N–C) groups is 1. The first kappa shape index (κ1) is 21.3. The Morgan fingerprint density at radius 1 is 1.17 bits per heavy atom. The largest absolute Gasteiger partial charge is 0.356 e. The van der Waals surface area contributed by atoms with Gasteiger partial charge in [-0.3, -0.25) is 4.99 Å². The highest BCUT2D eigenvalue weighted by atomic mass is 127. The molecule has 0 aliphatic rings. The molecule has 0 unspecified atom stereocenters. The minimum atomic E-state index is 0. The van der Waals surface area contributed by atoms with E-state index in [9.17, 15) is 0 Å². The van der Waals surface area contributed by atoms with Gasteiger partial charge in [-0.15, -0.1) is 46.7 Å². The molecular formula is C16H26IN5S2. The van der Waals surface area contributed by atoms with E-state index in [0.717, 1.165) is 41.7 Å². The Morgan fingerprint density at radius 3 is 2.50 bits per heavy atom. The number of aryl methyl sites for hydroxylation is 2. The van der Waals surface area contributed by atoms with Gasteiger partial charge >= 0.3 is 0 Å². The molecule has 24 heavy (non-hydrogen) atoms. The van der Waals surface area contributed by atoms with Crippen molar-refractivity contribution in [2.75, 3.05) is 13.6 Å². The van der Waals surface area contributed by atoms with Crippen molar-refractivity contribution in [3.8, 4) is 0 Å². The number of nitrogens with one attached hydrogen (secondary N) is 2. The second-order valence-electron chi connectivity index (χ2n) is 5.66. The summed E-state index contributed by atoms with van der Waals surface area (Å²) in [4.78, 5) is 13.4. The van der Waals surface area contributed by atoms with Gasteiger partial charge in [-0.2, -0.15) is 0 Å². The van der Waals surface area contributed by atoms with Crippen LogP contribution < -0.4 is 10.6 Å². The van der Waals surface area contributed by atoms with Gasteiger partial charge in [0, 0.05) is 36.5 Å². The zero-order chi connectivity index (χ0) is 16.7. The molecule has 5 nitrogen and oxygen atoms in total. The van der Waals surface area contributed by atoms with E-state index < -0.39 is 0 Å². The average molecular weight is 479 g/mol. The summed E-state index contributed by atoms with van der Waals surface area (Å²) in [5.74, 6) is 1.30. The molecule has 2 aromatic rings. The Balaban J connectivity index is 0.00000288. The molecule has 0 spiro atoms. The number of rotatable bonds is 7. The van der Waals surface area contributed by atoms with Crippen molar-refractivity contribution >= 4 is 52.6 Å². The molecule has 2 aromatic heterocycles. The summed E-state index contributed by atoms with van der Waals surface area (Å²) >= 11 is 3.43. The van der Waals surface area contributed by atoms with E-state index in [1.807, 2.05) is 6.92 Å². The van der Waals surface area contributed by atoms with Crippen molar-refractivity contribution in [1.29, 1.82) is 0 Å². The Labute approximate surface area is 169 Å². The molecule has 134 valence electrons. The van der Waals surface area contributed by atoms with E-state index in [2.05, 4.69) is 50.2 Å². The number of hydrogen-bond acceptors (Lipinski definition) is 5. The Morgan fingerprint density at radius 2 is 1.92 bits per heavy atom. The first-order valence-electron chi connectivity index (χ1n) is 7.88. The summed E-state index contributed by atoms with van der Waals surface area (Å²) in [5, 5.41) is 13.2. The summed E-state index contributed by atoms with van der Waals surface area (Å²) < 4.78 is 0. The molecule has 0 radical (unpaired) electrons. The third kappa shape index (κ3) is 7.02. The molecule has 0 aliphatic carbocycles. The zero-order valence-electron chi connectivity index (χ0n) is 14.6. The summed E-state index contributed by atoms with van der Waals surface area (Å²) in [6.45, 7) is 7.96. The highest BCUT2D eigenvalue weighted by Gasteiger charge is 2.06. The van der Waals surface area contributed by atoms with Crippen LogP contribution in [0.3, 0.4) is 0 Å². The van der Waals surface area contributed by atoms with Gasteiger partial charge in [0.1, 0.15) is 5.01 Å². The SMILES string of the molecule is CN=C(NCCCc1nc(C)cs1)NCc1nc(C(C)C)cs1.I. The number of guanidine groups is 1. The lowest BCUT2D eigenvalue weighted by Gasteiger charge is -2.10. The zero-order valence-corrected chi connectivity index (χ0v) is 18.6. The molecule has 0 saturated heterocycles. The van der Waals surface area contributed by atoms with Crippen LogP contribution in [0.4, 0.5) is 0 Å². The van der Waals surface area contributed by atoms with E-state index in [0.29, 0.717) is 12.5 Å². The Hall–Kier alpha value is -0.740. The van der Waals surface area contributed by atoms with Crippen LogP contribution >= 0.6 is 46.7 Å². The van der Waals surface area contributed by atoms with E-state index in [1.54, 1.807) is 29.7 Å². The van der Waals surface area contributed by atoms with Gasteiger partial charge in [0.25, 0.3) is 0 Å². The van der Waals surface area contributed by atoms with Crippen molar-refractivity contribution in [2.45, 2.75) is 46.1 Å². The molecule has 0 bridgehead atoms. The molecule has 0 atom stereocenters. The second kappa shape index (κ2) is 11.0. The lowest BCUT2D eigenvalue weighted by molar-refractivity contribution is 0.735. The molecule has 0 aliphatic heterocycles. The standard InChI is InChI=1S/C16H25N5S2.HI/c1-11(2)13-10-23-15(21-13)8-19-16(17-4)18-7-5-6-14-20-12(3)9-22-14;/h9-11H,5-8H2,1-4H3,(H2,17,18,19);1H. The van der Waals surface area contributed by atoms with Crippen LogP contribution in [0.1, 0.15) is 47.6 Å². The van der Waals surface area contributed by atoms with Crippen molar-refractivity contribution in [2.24, 2.45) is 4.99 Å². The number of thiazole rings is 2. The third-order valence-electron chi connectivity index (χ3n) is 3.32. The summed E-state index contributed by atoms with van der Waals surface area (Å²) in [6, 6.07) is 0. The molecule has 0 aromatic carbocycles. The highest BCUT2D eigenvalue weighted by Crippen LogP contribution is 2.17. The van der Waals surface area contributed by atoms with Crippen LogP contribution in [0, 0.1) is 6.92 Å². The van der Waals surface area contributed by atoms with Gasteiger partial charge in [-0.05, 0) is 19.3 Å². The van der Waals surface area contributed by atoms with E-state index >= 15 is 0 Å². The van der Waals surface area contributed by atoms with Crippen molar-refractivity contribution in [3.63, 3.8) is 0 Å². The molecule has 0 amide bonds. The van der Waals surface area contributed by atoms with Crippen molar-refractivity contribution < 1.29 is 0 Å². The summed E-state index contributed by atoms with van der Waals surface area (Å²) in [5.41, 5.74) is 2.27. The molecule has 2 N–H and O–H groups in total. The second-order valence-corrected chi connectivity index (χ2v) is 7.54. The predicted molar refractivity (Wildman–Crippen MR) is 115 cm³/mol. The van der Waals surface area contributed by atoms with Crippen molar-refractivity contribution in [1.82, 2.24) is 20.6 Å². The summed E-state index contributed by atoms with van der Waals surface area (Å²) in [6.07, 6.45) is 2.05. The minimum absolute atomic E-state index is 0. The molecule has 0 saturated carbocycles. The van der Waals surface area contributed by atoms with Crippen LogP contribution in [0.2, 0.25) is 0 Å². The lowest BCUT2D eigenvalue weighted by Crippen LogP contribution is -2.37. The maximum absolute atomic E-state index is 4.62. The number of aromatic nitrogens is 2. The van der Waals surface area contributed by atoms with Gasteiger partial charge < -0.3 is 10.6 Å². The van der Waals surface area contributed by atoms with Crippen LogP contribution in [0.15, 0.2) is 15.8 Å². The maximum Gasteiger partial charge on any atom is 0.191 e. The molecule has 2 rings (SSSR count). The lowest BCUT2D eigenvalue weighted by atomic mass is 10.2. The van der Waals surface area contributed by atoms with Crippen LogP contribution in [0.5, 0.6) is 0 Å². The van der Waals surface area contributed by atoms with Gasteiger partial charge in [-0.1, -0.05) is 13.8 Å². The first-order chi connectivity index (χ1) is 11.1. The van der Waals surface area contributed by atoms with E-state index in [4.69, 9.17) is 0 Å². The van der Waals surface area contributed by atoms with Gasteiger partial charge in [0.05, 0.1) is 17.2 Å². The molecule has 2 heterocycles. The average Bonchev–Trinajstić information content (AvgIpc) is 3.15. The van der Waals surface area contributed by atoms with Crippen LogP contribution in [-0.2, 0) is 13.0 Å². The van der Waals surface area contributed by atoms with Crippen LogP contribution in [-0.4, -0.2) is 29.5 Å². The van der Waals surface area contributed by atoms with Gasteiger partial charge in [-0.25, -0.2) is 9.97 Å². The number of halogens is 1. The minimum Gasteiger partial charge on any atom is -0.356 e. The Kier molecular flexibility index (Phi) is 9.75. The molecule has 8 heteroatoms. The fourth-order valence-corrected chi connectivity index (χ4v) is 3.73. The summed E-state index contributed by atoms with van der Waals surface area (Å²) in [7, 11) is 1.79. The third-order valence-corrected chi connectivity index (χ3v) is 5.21. The number of nitrogens with zero attached hydrogens (tertiary/aromatic N) is 3. The highest BCUT2D eigenvalue weighted by molar-refractivity contribution is 14.0. The van der Waals surface area contributed by atoms with E-state index in [1.165, 1.54) is 5.01 Å². The smallest absolute Gasteiger partial charge is 0.191 e. The first-order valence-corrected chi connectivity index (χ1v) is 9.64.